The first kappa shape index (κ1) is 15.4. The largest absolute Gasteiger partial charge is 1.00 e. The maximum Gasteiger partial charge on any atom is 1.00 e. The zero-order valence-corrected chi connectivity index (χ0v) is 9.86. The summed E-state index contributed by atoms with van der Waals surface area (Å²) in [6, 6.07) is 9.10. The van der Waals surface area contributed by atoms with Gasteiger partial charge in [-0.25, -0.2) is 4.21 Å². The summed E-state index contributed by atoms with van der Waals surface area (Å²) in [4.78, 5) is 10.0. The zero-order chi connectivity index (χ0) is 9.40. The van der Waals surface area contributed by atoms with Gasteiger partial charge in [-0.05, 0) is 0 Å². The Labute approximate surface area is 101 Å². The van der Waals surface area contributed by atoms with E-state index >= 15 is 0 Å². The molecule has 4 nitrogen and oxygen atoms in total. The summed E-state index contributed by atoms with van der Waals surface area (Å²) in [5.41, 5.74) is 0.729. The molecule has 0 spiro atoms. The van der Waals surface area contributed by atoms with E-state index in [1.807, 2.05) is 18.2 Å². The summed E-state index contributed by atoms with van der Waals surface area (Å²) in [6.07, 6.45) is 0.833. The molecule has 66 valence electrons. The van der Waals surface area contributed by atoms with Crippen molar-refractivity contribution in [2.24, 2.45) is 0 Å². The van der Waals surface area contributed by atoms with Gasteiger partial charge in [-0.3, -0.25) is 4.79 Å². The van der Waals surface area contributed by atoms with E-state index in [9.17, 15) is 4.79 Å². The van der Waals surface area contributed by atoms with Gasteiger partial charge >= 0.3 is 29.6 Å². The van der Waals surface area contributed by atoms with Crippen molar-refractivity contribution >= 4 is 17.6 Å². The number of hydrogen-bond acceptors (Lipinski definition) is 3. The topological polar surface area (TPSA) is 77.4 Å². The summed E-state index contributed by atoms with van der Waals surface area (Å²) >= 11 is -2.86. The molecular weight excluding hydrogens is 203 g/mol. The van der Waals surface area contributed by atoms with E-state index in [2.05, 4.69) is 0 Å². The van der Waals surface area contributed by atoms with Gasteiger partial charge in [-0.1, -0.05) is 30.3 Å². The molecule has 0 aromatic heterocycles. The third kappa shape index (κ3) is 12.0. The summed E-state index contributed by atoms with van der Waals surface area (Å²) in [5.74, 6) is 0. The second-order valence-electron chi connectivity index (χ2n) is 1.75. The standard InChI is InChI=1S/C7H6O.Na.H2O3S/c8-6-7-4-2-1-3-5-7;;1-4(2)3/h1-6H;;(H2,1,2,3)/q;+1;/p-1. The van der Waals surface area contributed by atoms with E-state index < -0.39 is 11.4 Å². The number of carbonyl (C=O) groups excluding carboxylic acids is 1. The third-order valence-electron chi connectivity index (χ3n) is 0.936. The summed E-state index contributed by atoms with van der Waals surface area (Å²) in [6.45, 7) is 0. The zero-order valence-electron chi connectivity index (χ0n) is 7.04. The molecule has 1 aromatic carbocycles. The molecule has 0 aliphatic rings. The quantitative estimate of drug-likeness (QED) is 0.325. The summed E-state index contributed by atoms with van der Waals surface area (Å²) in [7, 11) is 0. The number of rotatable bonds is 1. The van der Waals surface area contributed by atoms with Crippen LogP contribution in [0.5, 0.6) is 0 Å². The first-order valence-corrected chi connectivity index (χ1v) is 3.98. The average molecular weight is 210 g/mol. The van der Waals surface area contributed by atoms with Crippen molar-refractivity contribution < 1.29 is 47.7 Å². The smallest absolute Gasteiger partial charge is 0.750 e. The Morgan fingerprint density at radius 2 is 1.69 bits per heavy atom. The second kappa shape index (κ2) is 10.0. The molecule has 0 aliphatic carbocycles. The SMILES string of the molecule is O=Cc1ccccc1.O=S([O-])O.[Na+]. The van der Waals surface area contributed by atoms with Crippen LogP contribution in [-0.4, -0.2) is 19.6 Å². The fourth-order valence-electron chi connectivity index (χ4n) is 0.532. The van der Waals surface area contributed by atoms with Gasteiger partial charge in [0.2, 0.25) is 0 Å². The average Bonchev–Trinajstić information content (AvgIpc) is 2.05. The van der Waals surface area contributed by atoms with Crippen LogP contribution in [0.4, 0.5) is 0 Å². The van der Waals surface area contributed by atoms with Crippen molar-refractivity contribution in [2.75, 3.05) is 0 Å². The van der Waals surface area contributed by atoms with E-state index in [1.165, 1.54) is 0 Å². The molecule has 0 heterocycles. The molecular formula is C7H7NaO4S. The van der Waals surface area contributed by atoms with Crippen LogP contribution in [-0.2, 0) is 11.4 Å². The Morgan fingerprint density at radius 3 is 1.92 bits per heavy atom. The fourth-order valence-corrected chi connectivity index (χ4v) is 0.532. The monoisotopic (exact) mass is 210 g/mol. The van der Waals surface area contributed by atoms with Crippen LogP contribution >= 0.6 is 0 Å². The van der Waals surface area contributed by atoms with Crippen molar-refractivity contribution in [3.8, 4) is 0 Å². The van der Waals surface area contributed by atoms with Crippen LogP contribution in [0.25, 0.3) is 0 Å². The third-order valence-corrected chi connectivity index (χ3v) is 0.936. The molecule has 6 heteroatoms. The Balaban J connectivity index is 0. The van der Waals surface area contributed by atoms with Crippen LogP contribution in [0.15, 0.2) is 30.3 Å². The Bertz CT molecular complexity index is 248. The van der Waals surface area contributed by atoms with Crippen molar-refractivity contribution in [2.45, 2.75) is 0 Å². The molecule has 0 radical (unpaired) electrons. The van der Waals surface area contributed by atoms with Crippen LogP contribution < -0.4 is 29.6 Å². The number of aldehydes is 1. The van der Waals surface area contributed by atoms with Crippen LogP contribution in [0.3, 0.4) is 0 Å². The summed E-state index contributed by atoms with van der Waals surface area (Å²) < 4.78 is 24.1. The van der Waals surface area contributed by atoms with Gasteiger partial charge in [0.15, 0.2) is 0 Å². The predicted molar refractivity (Wildman–Crippen MR) is 43.4 cm³/mol. The molecule has 1 N–H and O–H groups in total. The molecule has 0 amide bonds. The first-order chi connectivity index (χ1) is 5.66. The van der Waals surface area contributed by atoms with Crippen molar-refractivity contribution in [3.63, 3.8) is 0 Å². The van der Waals surface area contributed by atoms with Gasteiger partial charge in [0.1, 0.15) is 6.29 Å². The van der Waals surface area contributed by atoms with E-state index in [4.69, 9.17) is 13.3 Å². The Morgan fingerprint density at radius 1 is 1.31 bits per heavy atom. The molecule has 0 saturated heterocycles. The second-order valence-corrected chi connectivity index (χ2v) is 2.18. The number of benzene rings is 1. The van der Waals surface area contributed by atoms with E-state index in [0.29, 0.717) is 0 Å². The van der Waals surface area contributed by atoms with Crippen LogP contribution in [0.1, 0.15) is 10.4 Å². The summed E-state index contributed by atoms with van der Waals surface area (Å²) in [5, 5.41) is 0. The van der Waals surface area contributed by atoms with Crippen molar-refractivity contribution in [1.82, 2.24) is 0 Å². The minimum absolute atomic E-state index is 0. The molecule has 1 aromatic rings. The van der Waals surface area contributed by atoms with E-state index in [0.717, 1.165) is 11.8 Å². The van der Waals surface area contributed by atoms with Crippen LogP contribution in [0.2, 0.25) is 0 Å². The van der Waals surface area contributed by atoms with Crippen molar-refractivity contribution in [3.05, 3.63) is 35.9 Å². The van der Waals surface area contributed by atoms with E-state index in [1.54, 1.807) is 12.1 Å². The predicted octanol–water partition coefficient (Wildman–Crippen LogP) is -2.16. The van der Waals surface area contributed by atoms with Gasteiger partial charge < -0.3 is 9.11 Å². The maximum absolute atomic E-state index is 10.0. The molecule has 0 aliphatic heterocycles. The molecule has 1 rings (SSSR count). The van der Waals surface area contributed by atoms with Gasteiger partial charge in [-0.15, -0.1) is 0 Å². The normalized spacial score (nSPS) is 10.0. The van der Waals surface area contributed by atoms with Crippen LogP contribution in [0, 0.1) is 0 Å². The molecule has 13 heavy (non-hydrogen) atoms. The fraction of sp³-hybridized carbons (Fsp3) is 0. The molecule has 0 fully saturated rings. The molecule has 0 bridgehead atoms. The van der Waals surface area contributed by atoms with Gasteiger partial charge in [0, 0.05) is 5.56 Å². The Hall–Kier alpha value is -0.0400. The Kier molecular flexibility index (Phi) is 11.9. The van der Waals surface area contributed by atoms with E-state index in [-0.39, 0.29) is 29.6 Å². The molecule has 0 saturated carbocycles. The van der Waals surface area contributed by atoms with Gasteiger partial charge in [-0.2, -0.15) is 0 Å². The maximum atomic E-state index is 10.0. The minimum Gasteiger partial charge on any atom is -0.750 e. The van der Waals surface area contributed by atoms with Crippen molar-refractivity contribution in [1.29, 1.82) is 0 Å². The minimum atomic E-state index is -2.86. The first-order valence-electron chi connectivity index (χ1n) is 2.95. The van der Waals surface area contributed by atoms with Gasteiger partial charge in [0.05, 0.1) is 11.4 Å². The number of hydrogen-bond donors (Lipinski definition) is 1. The molecule has 1 atom stereocenters. The van der Waals surface area contributed by atoms with Gasteiger partial charge in [0.25, 0.3) is 0 Å². The number of carbonyl (C=O) groups is 1. The molecule has 1 unspecified atom stereocenters.